The maximum absolute atomic E-state index is 13.1. The molecular weight excluding hydrogens is 308 g/mol. The summed E-state index contributed by atoms with van der Waals surface area (Å²) >= 11 is 6.37. The second-order valence-electron chi connectivity index (χ2n) is 6.23. The Bertz CT molecular complexity index is 746. The number of rotatable bonds is 2. The van der Waals surface area contributed by atoms with E-state index in [1.54, 1.807) is 0 Å². The fourth-order valence-corrected chi connectivity index (χ4v) is 3.93. The van der Waals surface area contributed by atoms with Crippen LogP contribution in [0.4, 0.5) is 0 Å². The van der Waals surface area contributed by atoms with Crippen molar-refractivity contribution in [1.82, 2.24) is 10.2 Å². The number of nitrogens with one attached hydrogen (secondary N) is 1. The Kier molecular flexibility index (Phi) is 3.83. The number of amides is 1. The van der Waals surface area contributed by atoms with Crippen LogP contribution in [-0.2, 0) is 11.2 Å². The van der Waals surface area contributed by atoms with Gasteiger partial charge in [0.15, 0.2) is 0 Å². The summed E-state index contributed by atoms with van der Waals surface area (Å²) in [4.78, 5) is 15.1. The largest absolute Gasteiger partial charge is 0.332 e. The summed E-state index contributed by atoms with van der Waals surface area (Å²) in [5.74, 6) is 0.240. The highest BCUT2D eigenvalue weighted by atomic mass is 35.5. The average Bonchev–Trinajstić information content (AvgIpc) is 2.56. The van der Waals surface area contributed by atoms with Crippen LogP contribution in [-0.4, -0.2) is 30.4 Å². The Morgan fingerprint density at radius 2 is 1.83 bits per heavy atom. The Hall–Kier alpha value is -1.84. The first-order valence-electron chi connectivity index (χ1n) is 8.09. The molecule has 1 amide bonds. The van der Waals surface area contributed by atoms with Crippen LogP contribution in [0.2, 0.25) is 5.02 Å². The minimum absolute atomic E-state index is 0.00860. The number of fused-ring (bicyclic) bond motifs is 1. The zero-order valence-electron chi connectivity index (χ0n) is 12.8. The number of hydrogen-bond donors (Lipinski definition) is 1. The van der Waals surface area contributed by atoms with Gasteiger partial charge < -0.3 is 10.2 Å². The highest BCUT2D eigenvalue weighted by molar-refractivity contribution is 6.31. The van der Waals surface area contributed by atoms with Crippen LogP contribution in [0.15, 0.2) is 48.5 Å². The second-order valence-corrected chi connectivity index (χ2v) is 6.64. The van der Waals surface area contributed by atoms with E-state index < -0.39 is 0 Å². The molecule has 0 aromatic heterocycles. The van der Waals surface area contributed by atoms with Gasteiger partial charge in [0.25, 0.3) is 0 Å². The molecule has 1 aliphatic carbocycles. The van der Waals surface area contributed by atoms with E-state index >= 15 is 0 Å². The molecule has 2 aliphatic rings. The molecule has 1 heterocycles. The number of carbonyl (C=O) groups is 1. The van der Waals surface area contributed by atoms with Crippen LogP contribution < -0.4 is 5.32 Å². The standard InChI is InChI=1S/C19H19ClN2O/c20-17-8-4-3-7-15(17)18-12-21-9-10-22(18)19(23)16-11-13-5-1-2-6-14(13)16/h1-8,16,18,21H,9-12H2. The van der Waals surface area contributed by atoms with Crippen molar-refractivity contribution in [2.24, 2.45) is 0 Å². The molecule has 0 spiro atoms. The van der Waals surface area contributed by atoms with Crippen molar-refractivity contribution in [3.8, 4) is 0 Å². The SMILES string of the molecule is O=C(C1Cc2ccccc21)N1CCNCC1c1ccccc1Cl. The van der Waals surface area contributed by atoms with E-state index in [1.165, 1.54) is 11.1 Å². The summed E-state index contributed by atoms with van der Waals surface area (Å²) in [6, 6.07) is 16.1. The topological polar surface area (TPSA) is 32.3 Å². The Morgan fingerprint density at radius 3 is 2.61 bits per heavy atom. The van der Waals surface area contributed by atoms with E-state index in [0.717, 1.165) is 36.6 Å². The van der Waals surface area contributed by atoms with Crippen LogP contribution >= 0.6 is 11.6 Å². The van der Waals surface area contributed by atoms with Gasteiger partial charge in [-0.3, -0.25) is 4.79 Å². The van der Waals surface area contributed by atoms with E-state index in [0.29, 0.717) is 0 Å². The Labute approximate surface area is 141 Å². The molecule has 2 atom stereocenters. The van der Waals surface area contributed by atoms with Crippen molar-refractivity contribution in [2.45, 2.75) is 18.4 Å². The van der Waals surface area contributed by atoms with Crippen molar-refractivity contribution in [1.29, 1.82) is 0 Å². The highest BCUT2D eigenvalue weighted by Crippen LogP contribution is 2.38. The molecule has 3 nitrogen and oxygen atoms in total. The summed E-state index contributed by atoms with van der Waals surface area (Å²) in [5, 5.41) is 4.12. The quantitative estimate of drug-likeness (QED) is 0.919. The molecular formula is C19H19ClN2O. The number of halogens is 1. The smallest absolute Gasteiger partial charge is 0.231 e. The Morgan fingerprint density at radius 1 is 1.09 bits per heavy atom. The third-order valence-electron chi connectivity index (χ3n) is 4.94. The van der Waals surface area contributed by atoms with E-state index in [2.05, 4.69) is 17.4 Å². The third kappa shape index (κ3) is 2.54. The van der Waals surface area contributed by atoms with Crippen LogP contribution in [0.1, 0.15) is 28.7 Å². The second kappa shape index (κ2) is 5.99. The van der Waals surface area contributed by atoms with E-state index in [4.69, 9.17) is 11.6 Å². The van der Waals surface area contributed by atoms with Crippen molar-refractivity contribution in [3.05, 3.63) is 70.2 Å². The van der Waals surface area contributed by atoms with E-state index in [9.17, 15) is 4.79 Å². The zero-order chi connectivity index (χ0) is 15.8. The summed E-state index contributed by atoms with van der Waals surface area (Å²) in [7, 11) is 0. The fourth-order valence-electron chi connectivity index (χ4n) is 3.67. The molecule has 23 heavy (non-hydrogen) atoms. The van der Waals surface area contributed by atoms with Crippen LogP contribution in [0.25, 0.3) is 0 Å². The molecule has 1 fully saturated rings. The molecule has 1 saturated heterocycles. The first kappa shape index (κ1) is 14.7. The normalized spacial score (nSPS) is 23.1. The van der Waals surface area contributed by atoms with Gasteiger partial charge in [-0.15, -0.1) is 0 Å². The van der Waals surface area contributed by atoms with Gasteiger partial charge in [-0.1, -0.05) is 54.1 Å². The predicted octanol–water partition coefficient (Wildman–Crippen LogP) is 3.15. The van der Waals surface area contributed by atoms with Crippen molar-refractivity contribution in [2.75, 3.05) is 19.6 Å². The number of carbonyl (C=O) groups excluding carboxylic acids is 1. The molecule has 2 aromatic rings. The molecule has 2 aromatic carbocycles. The molecule has 4 heteroatoms. The molecule has 2 unspecified atom stereocenters. The van der Waals surface area contributed by atoms with Crippen molar-refractivity contribution >= 4 is 17.5 Å². The van der Waals surface area contributed by atoms with Crippen LogP contribution in [0.3, 0.4) is 0 Å². The maximum atomic E-state index is 13.1. The predicted molar refractivity (Wildman–Crippen MR) is 91.7 cm³/mol. The summed E-state index contributed by atoms with van der Waals surface area (Å²) in [6.45, 7) is 2.32. The summed E-state index contributed by atoms with van der Waals surface area (Å²) < 4.78 is 0. The Balaban J connectivity index is 1.62. The monoisotopic (exact) mass is 326 g/mol. The van der Waals surface area contributed by atoms with E-state index in [-0.39, 0.29) is 17.9 Å². The molecule has 0 bridgehead atoms. The molecule has 0 radical (unpaired) electrons. The summed E-state index contributed by atoms with van der Waals surface area (Å²) in [5.41, 5.74) is 3.52. The first-order valence-corrected chi connectivity index (χ1v) is 8.47. The van der Waals surface area contributed by atoms with Crippen molar-refractivity contribution in [3.63, 3.8) is 0 Å². The van der Waals surface area contributed by atoms with Gasteiger partial charge in [-0.2, -0.15) is 0 Å². The minimum atomic E-state index is 0.00860. The highest BCUT2D eigenvalue weighted by Gasteiger charge is 2.38. The van der Waals surface area contributed by atoms with Gasteiger partial charge in [-0.25, -0.2) is 0 Å². The zero-order valence-corrected chi connectivity index (χ0v) is 13.6. The third-order valence-corrected chi connectivity index (χ3v) is 5.29. The molecule has 1 N–H and O–H groups in total. The van der Waals surface area contributed by atoms with Gasteiger partial charge in [0.2, 0.25) is 5.91 Å². The maximum Gasteiger partial charge on any atom is 0.231 e. The lowest BCUT2D eigenvalue weighted by Gasteiger charge is -2.41. The van der Waals surface area contributed by atoms with Crippen LogP contribution in [0.5, 0.6) is 0 Å². The average molecular weight is 327 g/mol. The number of hydrogen-bond acceptors (Lipinski definition) is 2. The van der Waals surface area contributed by atoms with Gasteiger partial charge in [0.05, 0.1) is 12.0 Å². The molecule has 0 saturated carbocycles. The molecule has 118 valence electrons. The molecule has 1 aliphatic heterocycles. The number of piperazine rings is 1. The first-order chi connectivity index (χ1) is 11.3. The molecule has 4 rings (SSSR count). The lowest BCUT2D eigenvalue weighted by Crippen LogP contribution is -2.51. The number of benzene rings is 2. The lowest BCUT2D eigenvalue weighted by molar-refractivity contribution is -0.136. The van der Waals surface area contributed by atoms with Gasteiger partial charge in [-0.05, 0) is 29.2 Å². The van der Waals surface area contributed by atoms with Gasteiger partial charge >= 0.3 is 0 Å². The van der Waals surface area contributed by atoms with Gasteiger partial charge in [0.1, 0.15) is 0 Å². The lowest BCUT2D eigenvalue weighted by atomic mass is 9.76. The minimum Gasteiger partial charge on any atom is -0.332 e. The fraction of sp³-hybridized carbons (Fsp3) is 0.316. The van der Waals surface area contributed by atoms with Gasteiger partial charge in [0, 0.05) is 24.7 Å². The van der Waals surface area contributed by atoms with E-state index in [1.807, 2.05) is 41.3 Å². The number of nitrogens with zero attached hydrogens (tertiary/aromatic N) is 1. The van der Waals surface area contributed by atoms with Crippen LogP contribution in [0, 0.1) is 0 Å². The summed E-state index contributed by atoms with van der Waals surface area (Å²) in [6.07, 6.45) is 0.855. The van der Waals surface area contributed by atoms with Crippen molar-refractivity contribution < 1.29 is 4.79 Å².